The molecular weight excluding hydrogens is 287 g/mol. The molecule has 2 N–H and O–H groups in total. The summed E-state index contributed by atoms with van der Waals surface area (Å²) in [4.78, 5) is 0. The Kier molecular flexibility index (Phi) is 3.89. The average molecular weight is 301 g/mol. The van der Waals surface area contributed by atoms with E-state index in [2.05, 4.69) is 33.1 Å². The van der Waals surface area contributed by atoms with Gasteiger partial charge in [-0.15, -0.1) is 0 Å². The molecule has 1 aliphatic heterocycles. The fourth-order valence-electron chi connectivity index (χ4n) is 1.74. The van der Waals surface area contributed by atoms with Crippen molar-refractivity contribution in [1.29, 1.82) is 0 Å². The van der Waals surface area contributed by atoms with Crippen molar-refractivity contribution in [3.05, 3.63) is 40.6 Å². The Bertz CT molecular complexity index is 425. The first kappa shape index (κ1) is 12.2. The molecule has 1 aliphatic rings. The zero-order valence-corrected chi connectivity index (χ0v) is 10.9. The van der Waals surface area contributed by atoms with Crippen LogP contribution in [0.15, 0.2) is 35.1 Å². The van der Waals surface area contributed by atoms with E-state index in [-0.39, 0.29) is 12.6 Å². The molecule has 0 bridgehead atoms. The summed E-state index contributed by atoms with van der Waals surface area (Å²) in [6, 6.07) is 6.01. The second kappa shape index (κ2) is 5.40. The van der Waals surface area contributed by atoms with Crippen LogP contribution in [0.25, 0.3) is 0 Å². The first-order chi connectivity index (χ1) is 8.20. The van der Waals surface area contributed by atoms with E-state index in [0.717, 1.165) is 22.4 Å². The molecule has 2 rings (SSSR count). The second-order valence-corrected chi connectivity index (χ2v) is 4.64. The predicted molar refractivity (Wildman–Crippen MR) is 68.6 cm³/mol. The Labute approximate surface area is 108 Å². The van der Waals surface area contributed by atoms with Gasteiger partial charge in [0.05, 0.1) is 16.3 Å². The van der Waals surface area contributed by atoms with Gasteiger partial charge in [0, 0.05) is 6.54 Å². The molecule has 17 heavy (non-hydrogen) atoms. The maximum Gasteiger partial charge on any atom is 0.133 e. The van der Waals surface area contributed by atoms with E-state index in [0.29, 0.717) is 5.75 Å². The summed E-state index contributed by atoms with van der Waals surface area (Å²) in [6.45, 7) is 4.22. The van der Waals surface area contributed by atoms with Crippen LogP contribution in [0.3, 0.4) is 0 Å². The van der Waals surface area contributed by atoms with Gasteiger partial charge in [-0.2, -0.15) is 0 Å². The summed E-state index contributed by atoms with van der Waals surface area (Å²) in [5.74, 6) is 1.50. The van der Waals surface area contributed by atoms with Crippen LogP contribution in [0, 0.1) is 0 Å². The average Bonchev–Trinajstić information content (AvgIpc) is 2.74. The third-order valence-corrected chi connectivity index (χ3v) is 3.18. The fourth-order valence-corrected chi connectivity index (χ4v) is 2.25. The van der Waals surface area contributed by atoms with Crippen LogP contribution in [0.5, 0.6) is 5.75 Å². The Morgan fingerprint density at radius 2 is 2.35 bits per heavy atom. The van der Waals surface area contributed by atoms with Crippen molar-refractivity contribution < 1.29 is 9.13 Å². The molecule has 1 saturated heterocycles. The van der Waals surface area contributed by atoms with Crippen molar-refractivity contribution in [1.82, 2.24) is 10.6 Å². The molecule has 1 atom stereocenters. The topological polar surface area (TPSA) is 33.3 Å². The highest BCUT2D eigenvalue weighted by Crippen LogP contribution is 2.29. The van der Waals surface area contributed by atoms with E-state index in [1.54, 1.807) is 0 Å². The summed E-state index contributed by atoms with van der Waals surface area (Å²) >= 11 is 3.42. The van der Waals surface area contributed by atoms with Gasteiger partial charge in [0.1, 0.15) is 19.0 Å². The summed E-state index contributed by atoms with van der Waals surface area (Å²) in [5.41, 5.74) is 1.13. The van der Waals surface area contributed by atoms with Crippen LogP contribution in [-0.2, 0) is 0 Å². The van der Waals surface area contributed by atoms with E-state index < -0.39 is 6.67 Å². The van der Waals surface area contributed by atoms with Gasteiger partial charge in [-0.25, -0.2) is 4.39 Å². The number of rotatable bonds is 4. The van der Waals surface area contributed by atoms with Crippen LogP contribution in [0.2, 0.25) is 0 Å². The summed E-state index contributed by atoms with van der Waals surface area (Å²) in [7, 11) is 0. The van der Waals surface area contributed by atoms with Crippen molar-refractivity contribution in [2.24, 2.45) is 0 Å². The lowest BCUT2D eigenvalue weighted by Gasteiger charge is -2.12. The smallest absolute Gasteiger partial charge is 0.133 e. The van der Waals surface area contributed by atoms with Crippen molar-refractivity contribution in [2.75, 3.05) is 19.8 Å². The maximum absolute atomic E-state index is 12.0. The fraction of sp³-hybridized carbons (Fsp3) is 0.333. The minimum Gasteiger partial charge on any atom is -0.490 e. The van der Waals surface area contributed by atoms with Crippen LogP contribution in [0.1, 0.15) is 11.6 Å². The third-order valence-electron chi connectivity index (χ3n) is 2.56. The quantitative estimate of drug-likeness (QED) is 0.896. The number of benzene rings is 1. The largest absolute Gasteiger partial charge is 0.490 e. The molecule has 5 heteroatoms. The molecule has 1 fully saturated rings. The highest BCUT2D eigenvalue weighted by Gasteiger charge is 2.18. The zero-order chi connectivity index (χ0) is 12.3. The SMILES string of the molecule is C=C1NCC(c2ccc(OCCF)c(Br)c2)N1. The van der Waals surface area contributed by atoms with Crippen molar-refractivity contribution in [3.8, 4) is 5.75 Å². The number of hydrogen-bond acceptors (Lipinski definition) is 3. The third kappa shape index (κ3) is 2.91. The normalized spacial score (nSPS) is 18.7. The van der Waals surface area contributed by atoms with Gasteiger partial charge < -0.3 is 15.4 Å². The molecule has 0 radical (unpaired) electrons. The molecule has 92 valence electrons. The minimum absolute atomic E-state index is 0.0813. The predicted octanol–water partition coefficient (Wildman–Crippen LogP) is 2.50. The number of nitrogens with one attached hydrogen (secondary N) is 2. The molecule has 0 aliphatic carbocycles. The summed E-state index contributed by atoms with van der Waals surface area (Å²) < 4.78 is 18.1. The molecule has 0 saturated carbocycles. The maximum atomic E-state index is 12.0. The van der Waals surface area contributed by atoms with E-state index in [9.17, 15) is 4.39 Å². The Morgan fingerprint density at radius 1 is 1.53 bits per heavy atom. The number of halogens is 2. The Morgan fingerprint density at radius 3 is 2.94 bits per heavy atom. The van der Waals surface area contributed by atoms with E-state index in [1.165, 1.54) is 0 Å². The van der Waals surface area contributed by atoms with Gasteiger partial charge in [0.25, 0.3) is 0 Å². The monoisotopic (exact) mass is 300 g/mol. The molecule has 0 aromatic heterocycles. The van der Waals surface area contributed by atoms with Crippen molar-refractivity contribution >= 4 is 15.9 Å². The lowest BCUT2D eigenvalue weighted by atomic mass is 10.1. The zero-order valence-electron chi connectivity index (χ0n) is 9.30. The standard InChI is InChI=1S/C12H14BrFN2O/c1-8-15-7-11(16-8)9-2-3-12(10(13)6-9)17-5-4-14/h2-3,6,11,15-16H,1,4-5,7H2. The van der Waals surface area contributed by atoms with E-state index >= 15 is 0 Å². The van der Waals surface area contributed by atoms with Crippen LogP contribution in [-0.4, -0.2) is 19.8 Å². The summed E-state index contributed by atoms with van der Waals surface area (Å²) in [5, 5.41) is 6.37. The first-order valence-electron chi connectivity index (χ1n) is 5.38. The Balaban J connectivity index is 2.10. The van der Waals surface area contributed by atoms with Gasteiger partial charge in [0.2, 0.25) is 0 Å². The number of alkyl halides is 1. The lowest BCUT2D eigenvalue weighted by molar-refractivity contribution is 0.272. The molecule has 3 nitrogen and oxygen atoms in total. The first-order valence-corrected chi connectivity index (χ1v) is 6.17. The van der Waals surface area contributed by atoms with E-state index in [1.807, 2.05) is 18.2 Å². The molecule has 1 aromatic rings. The van der Waals surface area contributed by atoms with Gasteiger partial charge in [-0.3, -0.25) is 0 Å². The highest BCUT2D eigenvalue weighted by molar-refractivity contribution is 9.10. The highest BCUT2D eigenvalue weighted by atomic mass is 79.9. The van der Waals surface area contributed by atoms with Gasteiger partial charge in [0.15, 0.2) is 0 Å². The van der Waals surface area contributed by atoms with E-state index in [4.69, 9.17) is 4.74 Å². The molecular formula is C12H14BrFN2O. The van der Waals surface area contributed by atoms with Crippen molar-refractivity contribution in [3.63, 3.8) is 0 Å². The van der Waals surface area contributed by atoms with Crippen molar-refractivity contribution in [2.45, 2.75) is 6.04 Å². The van der Waals surface area contributed by atoms with Crippen LogP contribution in [0.4, 0.5) is 4.39 Å². The molecule has 0 amide bonds. The minimum atomic E-state index is -0.484. The van der Waals surface area contributed by atoms with Gasteiger partial charge in [-0.1, -0.05) is 12.6 Å². The van der Waals surface area contributed by atoms with Gasteiger partial charge in [-0.05, 0) is 33.6 Å². The number of hydrogen-bond donors (Lipinski definition) is 2. The van der Waals surface area contributed by atoms with Crippen LogP contribution >= 0.6 is 15.9 Å². The lowest BCUT2D eigenvalue weighted by Crippen LogP contribution is -2.13. The second-order valence-electron chi connectivity index (χ2n) is 3.78. The molecule has 1 unspecified atom stereocenters. The Hall–Kier alpha value is -1.23. The van der Waals surface area contributed by atoms with Crippen LogP contribution < -0.4 is 15.4 Å². The summed E-state index contributed by atoms with van der Waals surface area (Å²) in [6.07, 6.45) is 0. The number of ether oxygens (including phenoxy) is 1. The molecule has 1 heterocycles. The molecule has 1 aromatic carbocycles. The molecule has 0 spiro atoms. The van der Waals surface area contributed by atoms with Gasteiger partial charge >= 0.3 is 0 Å².